The summed E-state index contributed by atoms with van der Waals surface area (Å²) in [6.07, 6.45) is 13.3. The van der Waals surface area contributed by atoms with Crippen molar-refractivity contribution in [3.8, 4) is 0 Å². The number of hydrogen-bond donors (Lipinski definition) is 2. The molecule has 0 spiro atoms. The highest BCUT2D eigenvalue weighted by Crippen LogP contribution is 2.42. The van der Waals surface area contributed by atoms with Crippen molar-refractivity contribution in [1.29, 1.82) is 0 Å². The number of anilines is 1. The Bertz CT molecular complexity index is 1130. The Balaban J connectivity index is 1.47. The van der Waals surface area contributed by atoms with E-state index in [1.807, 2.05) is 29.4 Å². The van der Waals surface area contributed by atoms with Gasteiger partial charge in [-0.25, -0.2) is 14.8 Å². The van der Waals surface area contributed by atoms with Crippen LogP contribution in [0.3, 0.4) is 0 Å². The van der Waals surface area contributed by atoms with Gasteiger partial charge in [0.2, 0.25) is 0 Å². The molecule has 1 aromatic heterocycles. The monoisotopic (exact) mass is 442 g/mol. The van der Waals surface area contributed by atoms with E-state index in [4.69, 9.17) is 0 Å². The van der Waals surface area contributed by atoms with Gasteiger partial charge in [0.25, 0.3) is 0 Å². The largest absolute Gasteiger partial charge is 0.347 e. The minimum atomic E-state index is -0.195. The Morgan fingerprint density at radius 1 is 1.06 bits per heavy atom. The molecule has 0 saturated heterocycles. The molecule has 33 heavy (non-hydrogen) atoms. The molecule has 2 N–H and O–H groups in total. The standard InChI is InChI=1S/C26H30N6O/c1-18-8-6-9-19(16-18)24-25(32-23(31(24)2)12-7-14-28-32)20-13-15-27-22(17-20)30-26(33)29-21-10-4-3-5-11-21/h6-9,12-17,21,23H,3-5,10-11H2,1-2H3,(H2,27,29,30,33). The molecule has 2 aliphatic heterocycles. The summed E-state index contributed by atoms with van der Waals surface area (Å²) in [5.74, 6) is 0.527. The van der Waals surface area contributed by atoms with Crippen molar-refractivity contribution < 1.29 is 4.79 Å². The van der Waals surface area contributed by atoms with Gasteiger partial charge in [-0.1, -0.05) is 43.0 Å². The molecular formula is C26H30N6O. The molecule has 3 aliphatic rings. The average molecular weight is 443 g/mol. The van der Waals surface area contributed by atoms with E-state index in [9.17, 15) is 4.79 Å². The second-order valence-corrected chi connectivity index (χ2v) is 8.95. The third-order valence-electron chi connectivity index (χ3n) is 6.52. The second-order valence-electron chi connectivity index (χ2n) is 8.95. The zero-order chi connectivity index (χ0) is 22.8. The van der Waals surface area contributed by atoms with Gasteiger partial charge in [0.15, 0.2) is 0 Å². The van der Waals surface area contributed by atoms with Gasteiger partial charge in [-0.2, -0.15) is 5.10 Å². The molecule has 3 heterocycles. The first-order chi connectivity index (χ1) is 16.1. The van der Waals surface area contributed by atoms with Crippen LogP contribution in [0.1, 0.15) is 48.8 Å². The number of pyridine rings is 1. The second kappa shape index (κ2) is 9.10. The molecule has 0 bridgehead atoms. The number of aryl methyl sites for hydroxylation is 1. The number of carbonyl (C=O) groups is 1. The number of hydrogen-bond acceptors (Lipinski definition) is 5. The summed E-state index contributed by atoms with van der Waals surface area (Å²) < 4.78 is 0. The summed E-state index contributed by atoms with van der Waals surface area (Å²) in [6, 6.07) is 12.4. The van der Waals surface area contributed by atoms with E-state index < -0.39 is 0 Å². The maximum absolute atomic E-state index is 12.6. The van der Waals surface area contributed by atoms with Crippen molar-refractivity contribution >= 4 is 29.5 Å². The number of allylic oxidation sites excluding steroid dienone is 1. The Morgan fingerprint density at radius 2 is 1.88 bits per heavy atom. The third kappa shape index (κ3) is 4.35. The van der Waals surface area contributed by atoms with E-state index in [0.717, 1.165) is 35.4 Å². The lowest BCUT2D eigenvalue weighted by Crippen LogP contribution is -2.39. The van der Waals surface area contributed by atoms with Crippen LogP contribution in [0.5, 0.6) is 0 Å². The molecule has 1 aliphatic carbocycles. The fourth-order valence-corrected chi connectivity index (χ4v) is 4.93. The van der Waals surface area contributed by atoms with Gasteiger partial charge < -0.3 is 10.2 Å². The Kier molecular flexibility index (Phi) is 5.86. The van der Waals surface area contributed by atoms with Crippen LogP contribution in [0.4, 0.5) is 10.6 Å². The number of rotatable bonds is 4. The first-order valence-corrected chi connectivity index (χ1v) is 11.7. The van der Waals surface area contributed by atoms with Crippen LogP contribution < -0.4 is 10.6 Å². The number of amides is 2. The molecule has 1 aromatic carbocycles. The fraction of sp³-hybridized carbons (Fsp3) is 0.346. The quantitative estimate of drug-likeness (QED) is 0.714. The summed E-state index contributed by atoms with van der Waals surface area (Å²) in [7, 11) is 2.09. The first kappa shape index (κ1) is 21.2. The van der Waals surface area contributed by atoms with Crippen LogP contribution >= 0.6 is 0 Å². The predicted octanol–water partition coefficient (Wildman–Crippen LogP) is 4.80. The van der Waals surface area contributed by atoms with Crippen molar-refractivity contribution in [2.45, 2.75) is 51.2 Å². The van der Waals surface area contributed by atoms with Gasteiger partial charge in [-0.05, 0) is 50.1 Å². The highest BCUT2D eigenvalue weighted by molar-refractivity contribution is 5.94. The number of carbonyl (C=O) groups excluding carboxylic acids is 1. The number of nitrogens with one attached hydrogen (secondary N) is 2. The van der Waals surface area contributed by atoms with Gasteiger partial charge in [-0.3, -0.25) is 5.32 Å². The van der Waals surface area contributed by atoms with Crippen LogP contribution in [0.25, 0.3) is 11.4 Å². The van der Waals surface area contributed by atoms with Crippen LogP contribution in [-0.2, 0) is 0 Å². The SMILES string of the molecule is Cc1cccc(C2=C(c3ccnc(NC(=O)NC4CCCCC4)c3)N3N=CC=CC3N2C)c1. The topological polar surface area (TPSA) is 72.9 Å². The molecule has 5 rings (SSSR count). The van der Waals surface area contributed by atoms with E-state index in [1.54, 1.807) is 6.20 Å². The summed E-state index contributed by atoms with van der Waals surface area (Å²) >= 11 is 0. The Hall–Kier alpha value is -3.61. The fourth-order valence-electron chi connectivity index (χ4n) is 4.93. The Morgan fingerprint density at radius 3 is 2.70 bits per heavy atom. The number of benzene rings is 1. The molecule has 1 saturated carbocycles. The van der Waals surface area contributed by atoms with E-state index in [-0.39, 0.29) is 18.2 Å². The average Bonchev–Trinajstić information content (AvgIpc) is 3.12. The molecule has 7 nitrogen and oxygen atoms in total. The number of hydrazone groups is 1. The van der Waals surface area contributed by atoms with E-state index in [1.165, 1.54) is 24.8 Å². The lowest BCUT2D eigenvalue weighted by atomic mass is 9.96. The highest BCUT2D eigenvalue weighted by atomic mass is 16.2. The van der Waals surface area contributed by atoms with Gasteiger partial charge in [0, 0.05) is 36.6 Å². The molecule has 2 aromatic rings. The van der Waals surface area contributed by atoms with Crippen LogP contribution in [0.2, 0.25) is 0 Å². The van der Waals surface area contributed by atoms with Crippen molar-refractivity contribution in [2.75, 3.05) is 12.4 Å². The smallest absolute Gasteiger partial charge is 0.320 e. The zero-order valence-corrected chi connectivity index (χ0v) is 19.2. The number of likely N-dealkylation sites (N-methyl/N-ethyl adjacent to an activating group) is 1. The molecule has 1 fully saturated rings. The van der Waals surface area contributed by atoms with Gasteiger partial charge >= 0.3 is 6.03 Å². The molecule has 2 amide bonds. The molecule has 7 heteroatoms. The molecule has 1 unspecified atom stereocenters. The maximum atomic E-state index is 12.6. The van der Waals surface area contributed by atoms with Crippen LogP contribution in [-0.4, -0.2) is 46.4 Å². The minimum Gasteiger partial charge on any atom is -0.347 e. The van der Waals surface area contributed by atoms with Crippen molar-refractivity contribution in [3.05, 3.63) is 71.4 Å². The summed E-state index contributed by atoms with van der Waals surface area (Å²) in [6.45, 7) is 2.10. The van der Waals surface area contributed by atoms with Gasteiger partial charge in [0.1, 0.15) is 12.0 Å². The third-order valence-corrected chi connectivity index (χ3v) is 6.52. The normalized spacial score (nSPS) is 20.2. The van der Waals surface area contributed by atoms with Crippen molar-refractivity contribution in [3.63, 3.8) is 0 Å². The Labute approximate surface area is 194 Å². The van der Waals surface area contributed by atoms with Crippen molar-refractivity contribution in [1.82, 2.24) is 20.2 Å². The van der Waals surface area contributed by atoms with Gasteiger partial charge in [-0.15, -0.1) is 0 Å². The van der Waals surface area contributed by atoms with Crippen LogP contribution in [0, 0.1) is 6.92 Å². The lowest BCUT2D eigenvalue weighted by Gasteiger charge is -2.28. The van der Waals surface area contributed by atoms with Crippen molar-refractivity contribution in [2.24, 2.45) is 5.10 Å². The van der Waals surface area contributed by atoms with E-state index >= 15 is 0 Å². The maximum Gasteiger partial charge on any atom is 0.320 e. The number of nitrogens with zero attached hydrogens (tertiary/aromatic N) is 4. The minimum absolute atomic E-state index is 0.000290. The lowest BCUT2D eigenvalue weighted by molar-refractivity contribution is 0.243. The van der Waals surface area contributed by atoms with Crippen LogP contribution in [0.15, 0.2) is 59.8 Å². The van der Waals surface area contributed by atoms with E-state index in [2.05, 4.69) is 69.9 Å². The van der Waals surface area contributed by atoms with Gasteiger partial charge in [0.05, 0.1) is 11.4 Å². The zero-order valence-electron chi connectivity index (χ0n) is 19.2. The summed E-state index contributed by atoms with van der Waals surface area (Å²) in [5.41, 5.74) is 5.37. The number of aromatic nitrogens is 1. The number of fused-ring (bicyclic) bond motifs is 1. The number of urea groups is 1. The molecule has 0 radical (unpaired) electrons. The summed E-state index contributed by atoms with van der Waals surface area (Å²) in [5, 5.41) is 12.7. The molecule has 170 valence electrons. The predicted molar refractivity (Wildman–Crippen MR) is 132 cm³/mol. The summed E-state index contributed by atoms with van der Waals surface area (Å²) in [4.78, 5) is 19.2. The highest BCUT2D eigenvalue weighted by Gasteiger charge is 2.37. The van der Waals surface area contributed by atoms with E-state index in [0.29, 0.717) is 5.82 Å². The molecule has 1 atom stereocenters. The first-order valence-electron chi connectivity index (χ1n) is 11.7. The molecular weight excluding hydrogens is 412 g/mol.